The van der Waals surface area contributed by atoms with Crippen molar-refractivity contribution in [1.82, 2.24) is 10.3 Å². The van der Waals surface area contributed by atoms with Gasteiger partial charge in [0.1, 0.15) is 5.75 Å². The van der Waals surface area contributed by atoms with E-state index in [2.05, 4.69) is 43.4 Å². The Kier molecular flexibility index (Phi) is 11.6. The van der Waals surface area contributed by atoms with Crippen LogP contribution in [0.4, 0.5) is 0 Å². The Bertz CT molecular complexity index is 739. The first-order valence-corrected chi connectivity index (χ1v) is 10.1. The van der Waals surface area contributed by atoms with E-state index in [0.29, 0.717) is 19.1 Å². The molecule has 1 aromatic heterocycles. The van der Waals surface area contributed by atoms with Crippen LogP contribution in [0.3, 0.4) is 0 Å². The molecule has 0 spiro atoms. The van der Waals surface area contributed by atoms with Crippen LogP contribution in [-0.2, 0) is 24.4 Å². The molecule has 0 radical (unpaired) electrons. The van der Waals surface area contributed by atoms with Crippen LogP contribution in [0.15, 0.2) is 30.3 Å². The fraction of sp³-hybridized carbons (Fsp3) is 0.522. The molecule has 0 atom stereocenters. The summed E-state index contributed by atoms with van der Waals surface area (Å²) in [5.74, 6) is 1.64. The van der Waals surface area contributed by atoms with Crippen LogP contribution < -0.4 is 10.1 Å². The van der Waals surface area contributed by atoms with Crippen molar-refractivity contribution in [3.05, 3.63) is 58.4 Å². The number of pyridine rings is 1. The summed E-state index contributed by atoms with van der Waals surface area (Å²) in [5, 5.41) is 3.48. The van der Waals surface area contributed by atoms with Gasteiger partial charge < -0.3 is 14.8 Å². The summed E-state index contributed by atoms with van der Waals surface area (Å²) in [6.45, 7) is 10.6. The molecule has 0 amide bonds. The molecule has 0 unspecified atom stereocenters. The highest BCUT2D eigenvalue weighted by atomic mass is 35.5. The second-order valence-corrected chi connectivity index (χ2v) is 7.74. The van der Waals surface area contributed by atoms with Gasteiger partial charge in [0.2, 0.25) is 0 Å². The summed E-state index contributed by atoms with van der Waals surface area (Å²) in [6.07, 6.45) is 3.02. The highest BCUT2D eigenvalue weighted by molar-refractivity contribution is 5.85. The summed E-state index contributed by atoms with van der Waals surface area (Å²) >= 11 is 0. The van der Waals surface area contributed by atoms with Gasteiger partial charge >= 0.3 is 0 Å². The van der Waals surface area contributed by atoms with Gasteiger partial charge in [-0.1, -0.05) is 44.2 Å². The molecule has 0 aliphatic carbocycles. The maximum absolute atomic E-state index is 6.14. The van der Waals surface area contributed by atoms with E-state index in [9.17, 15) is 0 Å². The van der Waals surface area contributed by atoms with Crippen molar-refractivity contribution in [3.8, 4) is 5.75 Å². The van der Waals surface area contributed by atoms with E-state index in [1.165, 1.54) is 16.7 Å². The largest absolute Gasteiger partial charge is 0.491 e. The van der Waals surface area contributed by atoms with Crippen LogP contribution >= 0.6 is 24.8 Å². The molecule has 3 rings (SSSR count). The maximum atomic E-state index is 6.14. The number of benzene rings is 1. The first kappa shape index (κ1) is 25.7. The van der Waals surface area contributed by atoms with Crippen LogP contribution in [0.2, 0.25) is 0 Å². The van der Waals surface area contributed by atoms with Crippen molar-refractivity contribution in [2.75, 3.05) is 19.7 Å². The lowest BCUT2D eigenvalue weighted by molar-refractivity contribution is 0.132. The average molecular weight is 441 g/mol. The normalized spacial score (nSPS) is 12.3. The highest BCUT2D eigenvalue weighted by Gasteiger charge is 2.23. The fourth-order valence-corrected chi connectivity index (χ4v) is 3.47. The lowest BCUT2D eigenvalue weighted by Gasteiger charge is -2.16. The first-order valence-electron chi connectivity index (χ1n) is 10.1. The molecular formula is C23H34Cl2N2O2. The van der Waals surface area contributed by atoms with Gasteiger partial charge in [0.15, 0.2) is 0 Å². The van der Waals surface area contributed by atoms with Crippen molar-refractivity contribution in [2.45, 2.75) is 53.2 Å². The molecule has 0 fully saturated rings. The second-order valence-electron chi connectivity index (χ2n) is 7.74. The third kappa shape index (κ3) is 7.45. The number of ether oxygens (including phenoxy) is 2. The van der Waals surface area contributed by atoms with Crippen molar-refractivity contribution < 1.29 is 9.47 Å². The zero-order chi connectivity index (χ0) is 19.1. The Morgan fingerprint density at radius 3 is 2.52 bits per heavy atom. The molecule has 1 aliphatic rings. The van der Waals surface area contributed by atoms with Gasteiger partial charge in [0, 0.05) is 17.5 Å². The summed E-state index contributed by atoms with van der Waals surface area (Å²) in [5.41, 5.74) is 5.80. The van der Waals surface area contributed by atoms with Gasteiger partial charge in [-0.05, 0) is 44.3 Å². The molecule has 1 N–H and O–H groups in total. The van der Waals surface area contributed by atoms with Gasteiger partial charge in [0.05, 0.1) is 31.2 Å². The molecule has 1 aromatic carbocycles. The number of hydrogen-bond donors (Lipinski definition) is 1. The second kappa shape index (κ2) is 13.1. The number of unbranched alkanes of at least 4 members (excludes halogenated alkanes) is 1. The van der Waals surface area contributed by atoms with Crippen LogP contribution in [-0.4, -0.2) is 24.7 Å². The maximum Gasteiger partial charge on any atom is 0.146 e. The van der Waals surface area contributed by atoms with Gasteiger partial charge in [-0.25, -0.2) is 0 Å². The number of halogens is 2. The Balaban J connectivity index is 0.00000210. The molecule has 2 heterocycles. The number of aryl methyl sites for hydroxylation is 1. The Morgan fingerprint density at radius 1 is 1.07 bits per heavy atom. The zero-order valence-corrected chi connectivity index (χ0v) is 19.3. The minimum atomic E-state index is 0. The third-order valence-corrected chi connectivity index (χ3v) is 4.87. The van der Waals surface area contributed by atoms with E-state index in [0.717, 1.165) is 56.1 Å². The predicted molar refractivity (Wildman–Crippen MR) is 124 cm³/mol. The van der Waals surface area contributed by atoms with E-state index in [1.54, 1.807) is 0 Å². The van der Waals surface area contributed by atoms with E-state index < -0.39 is 0 Å². The fourth-order valence-electron chi connectivity index (χ4n) is 3.47. The van der Waals surface area contributed by atoms with Crippen LogP contribution in [0.5, 0.6) is 5.75 Å². The number of hydrogen-bond acceptors (Lipinski definition) is 4. The quantitative estimate of drug-likeness (QED) is 0.511. The lowest BCUT2D eigenvalue weighted by Crippen LogP contribution is -2.21. The summed E-state index contributed by atoms with van der Waals surface area (Å²) in [6, 6.07) is 10.5. The average Bonchev–Trinajstić information content (AvgIpc) is 3.13. The topological polar surface area (TPSA) is 43.4 Å². The molecule has 6 heteroatoms. The Morgan fingerprint density at radius 2 is 1.79 bits per heavy atom. The van der Waals surface area contributed by atoms with Gasteiger partial charge in [-0.3, -0.25) is 4.98 Å². The van der Waals surface area contributed by atoms with Gasteiger partial charge in [-0.15, -0.1) is 24.8 Å². The number of nitrogens with zero attached hydrogens (tertiary/aromatic N) is 1. The summed E-state index contributed by atoms with van der Waals surface area (Å²) in [4.78, 5) is 4.87. The van der Waals surface area contributed by atoms with Crippen molar-refractivity contribution in [1.29, 1.82) is 0 Å². The van der Waals surface area contributed by atoms with Gasteiger partial charge in [-0.2, -0.15) is 0 Å². The van der Waals surface area contributed by atoms with E-state index in [1.807, 2.05) is 13.0 Å². The lowest BCUT2D eigenvalue weighted by atomic mass is 10.0. The number of rotatable bonds is 10. The smallest absolute Gasteiger partial charge is 0.146 e. The number of fused-ring (bicyclic) bond motifs is 1. The molecule has 29 heavy (non-hydrogen) atoms. The SMILES string of the molecule is Cc1nc(Cc2ccccc2)c2c(c1OCCCCNCC(C)C)COC2.Cl.Cl. The van der Waals surface area contributed by atoms with Crippen LogP contribution in [0.1, 0.15) is 54.8 Å². The molecule has 4 nitrogen and oxygen atoms in total. The van der Waals surface area contributed by atoms with E-state index in [-0.39, 0.29) is 24.8 Å². The minimum absolute atomic E-state index is 0. The van der Waals surface area contributed by atoms with Gasteiger partial charge in [0.25, 0.3) is 0 Å². The Labute approximate surface area is 187 Å². The zero-order valence-electron chi connectivity index (χ0n) is 17.7. The summed E-state index contributed by atoms with van der Waals surface area (Å²) < 4.78 is 11.9. The third-order valence-electron chi connectivity index (χ3n) is 4.87. The first-order chi connectivity index (χ1) is 13.1. The molecule has 0 saturated heterocycles. The van der Waals surface area contributed by atoms with Crippen LogP contribution in [0.25, 0.3) is 0 Å². The van der Waals surface area contributed by atoms with E-state index in [4.69, 9.17) is 14.5 Å². The molecule has 0 saturated carbocycles. The van der Waals surface area contributed by atoms with E-state index >= 15 is 0 Å². The standard InChI is InChI=1S/C23H32N2O2.2ClH/c1-17(2)14-24-11-7-8-12-27-23-18(3)25-22(20-15-26-16-21(20)23)13-19-9-5-4-6-10-19;;/h4-6,9-10,17,24H,7-8,11-16H2,1-3H3;2*1H. The summed E-state index contributed by atoms with van der Waals surface area (Å²) in [7, 11) is 0. The molecule has 2 aromatic rings. The molecular weight excluding hydrogens is 407 g/mol. The molecule has 1 aliphatic heterocycles. The number of aromatic nitrogens is 1. The number of nitrogens with one attached hydrogen (secondary N) is 1. The predicted octanol–water partition coefficient (Wildman–Crippen LogP) is 5.26. The molecule has 0 bridgehead atoms. The van der Waals surface area contributed by atoms with Crippen LogP contribution in [0, 0.1) is 12.8 Å². The molecule has 162 valence electrons. The van der Waals surface area contributed by atoms with Crippen molar-refractivity contribution in [2.24, 2.45) is 5.92 Å². The monoisotopic (exact) mass is 440 g/mol. The minimum Gasteiger partial charge on any atom is -0.491 e. The van der Waals surface area contributed by atoms with Crippen molar-refractivity contribution in [3.63, 3.8) is 0 Å². The Hall–Kier alpha value is -1.33. The van der Waals surface area contributed by atoms with Crippen molar-refractivity contribution >= 4 is 24.8 Å². The highest BCUT2D eigenvalue weighted by Crippen LogP contribution is 2.34.